The first-order valence-corrected chi connectivity index (χ1v) is 4.20. The van der Waals surface area contributed by atoms with Crippen LogP contribution in [0.3, 0.4) is 0 Å². The number of nitrogens with zero attached hydrogens (tertiary/aromatic N) is 2. The summed E-state index contributed by atoms with van der Waals surface area (Å²) in [6.07, 6.45) is 3.35. The Kier molecular flexibility index (Phi) is 3.08. The maximum absolute atomic E-state index is 8.95. The van der Waals surface area contributed by atoms with Gasteiger partial charge in [-0.2, -0.15) is 0 Å². The minimum absolute atomic E-state index is 0.0477. The van der Waals surface area contributed by atoms with E-state index >= 15 is 0 Å². The minimum atomic E-state index is 0.0477. The fourth-order valence-electron chi connectivity index (χ4n) is 1.05. The van der Waals surface area contributed by atoms with Crippen LogP contribution >= 0.6 is 0 Å². The molecule has 0 fully saturated rings. The van der Waals surface area contributed by atoms with E-state index in [0.717, 1.165) is 5.69 Å². The Balaban J connectivity index is 2.88. The van der Waals surface area contributed by atoms with Crippen molar-refractivity contribution >= 4 is 11.4 Å². The van der Waals surface area contributed by atoms with Crippen LogP contribution in [0, 0.1) is 0 Å². The standard InChI is InChI=1S/C9H15N3O/c1-7(6-13)12(2)9-5-11-4-3-8(9)10/h3-5,7,13H,6H2,1-2H3,(H2,10,11). The van der Waals surface area contributed by atoms with Crippen LogP contribution in [0.15, 0.2) is 18.5 Å². The van der Waals surface area contributed by atoms with Gasteiger partial charge >= 0.3 is 0 Å². The number of aliphatic hydroxyl groups is 1. The van der Waals surface area contributed by atoms with Crippen molar-refractivity contribution in [2.45, 2.75) is 13.0 Å². The SMILES string of the molecule is CC(CO)N(C)c1cnccc1N. The lowest BCUT2D eigenvalue weighted by Crippen LogP contribution is -2.32. The predicted molar refractivity (Wildman–Crippen MR) is 53.6 cm³/mol. The molecular formula is C9H15N3O. The molecule has 13 heavy (non-hydrogen) atoms. The van der Waals surface area contributed by atoms with Crippen molar-refractivity contribution in [2.75, 3.05) is 24.3 Å². The molecule has 0 aliphatic rings. The van der Waals surface area contributed by atoms with E-state index in [1.54, 1.807) is 18.5 Å². The quantitative estimate of drug-likeness (QED) is 0.712. The average molecular weight is 181 g/mol. The Hall–Kier alpha value is -1.29. The Bertz CT molecular complexity index is 277. The number of likely N-dealkylation sites (N-methyl/N-ethyl adjacent to an activating group) is 1. The lowest BCUT2D eigenvalue weighted by molar-refractivity contribution is 0.270. The molecule has 0 bridgehead atoms. The molecule has 1 rings (SSSR count). The lowest BCUT2D eigenvalue weighted by atomic mass is 10.2. The van der Waals surface area contributed by atoms with E-state index in [1.807, 2.05) is 18.9 Å². The summed E-state index contributed by atoms with van der Waals surface area (Å²) in [6, 6.07) is 1.79. The number of anilines is 2. The third kappa shape index (κ3) is 2.09. The highest BCUT2D eigenvalue weighted by molar-refractivity contribution is 5.65. The van der Waals surface area contributed by atoms with E-state index in [1.165, 1.54) is 0 Å². The maximum atomic E-state index is 8.95. The second-order valence-electron chi connectivity index (χ2n) is 3.08. The maximum Gasteiger partial charge on any atom is 0.0786 e. The largest absolute Gasteiger partial charge is 0.397 e. The van der Waals surface area contributed by atoms with Gasteiger partial charge in [-0.15, -0.1) is 0 Å². The third-order valence-electron chi connectivity index (χ3n) is 2.14. The van der Waals surface area contributed by atoms with Crippen molar-refractivity contribution in [1.82, 2.24) is 4.98 Å². The Labute approximate surface area is 78.0 Å². The van der Waals surface area contributed by atoms with Gasteiger partial charge in [0.1, 0.15) is 0 Å². The Morgan fingerprint density at radius 3 is 2.92 bits per heavy atom. The number of aromatic nitrogens is 1. The van der Waals surface area contributed by atoms with Crippen LogP contribution in [0.2, 0.25) is 0 Å². The highest BCUT2D eigenvalue weighted by Gasteiger charge is 2.10. The van der Waals surface area contributed by atoms with Gasteiger partial charge in [0, 0.05) is 19.3 Å². The predicted octanol–water partition coefficient (Wildman–Crippen LogP) is 0.481. The second kappa shape index (κ2) is 4.09. The summed E-state index contributed by atoms with van der Waals surface area (Å²) in [7, 11) is 1.88. The Morgan fingerprint density at radius 1 is 1.69 bits per heavy atom. The zero-order valence-electron chi connectivity index (χ0n) is 7.94. The van der Waals surface area contributed by atoms with Crippen molar-refractivity contribution in [2.24, 2.45) is 0 Å². The third-order valence-corrected chi connectivity index (χ3v) is 2.14. The van der Waals surface area contributed by atoms with Crippen molar-refractivity contribution in [3.63, 3.8) is 0 Å². The van der Waals surface area contributed by atoms with Crippen LogP contribution in [0.5, 0.6) is 0 Å². The molecule has 1 unspecified atom stereocenters. The van der Waals surface area contributed by atoms with Crippen LogP contribution in [0.25, 0.3) is 0 Å². The van der Waals surface area contributed by atoms with E-state index in [2.05, 4.69) is 4.98 Å². The normalized spacial score (nSPS) is 12.5. The minimum Gasteiger partial charge on any atom is -0.397 e. The van der Waals surface area contributed by atoms with Crippen molar-refractivity contribution in [3.8, 4) is 0 Å². The molecular weight excluding hydrogens is 166 g/mol. The van der Waals surface area contributed by atoms with Gasteiger partial charge in [0.05, 0.1) is 24.2 Å². The summed E-state index contributed by atoms with van der Waals surface area (Å²) < 4.78 is 0. The van der Waals surface area contributed by atoms with Crippen LogP contribution in [0.1, 0.15) is 6.92 Å². The van der Waals surface area contributed by atoms with Crippen LogP contribution < -0.4 is 10.6 Å². The number of nitrogens with two attached hydrogens (primary N) is 1. The summed E-state index contributed by atoms with van der Waals surface area (Å²) >= 11 is 0. The van der Waals surface area contributed by atoms with Gasteiger partial charge < -0.3 is 15.7 Å². The molecule has 0 aromatic carbocycles. The molecule has 1 atom stereocenters. The summed E-state index contributed by atoms with van der Waals surface area (Å²) in [5.74, 6) is 0. The van der Waals surface area contributed by atoms with Gasteiger partial charge in [0.2, 0.25) is 0 Å². The average Bonchev–Trinajstić information content (AvgIpc) is 2.16. The van der Waals surface area contributed by atoms with Crippen LogP contribution in [0.4, 0.5) is 11.4 Å². The molecule has 4 heteroatoms. The summed E-state index contributed by atoms with van der Waals surface area (Å²) in [6.45, 7) is 2.03. The molecule has 0 aliphatic carbocycles. The van der Waals surface area contributed by atoms with E-state index in [-0.39, 0.29) is 12.6 Å². The van der Waals surface area contributed by atoms with E-state index < -0.39 is 0 Å². The number of hydrogen-bond acceptors (Lipinski definition) is 4. The van der Waals surface area contributed by atoms with Gasteiger partial charge in [0.25, 0.3) is 0 Å². The molecule has 0 amide bonds. The number of pyridine rings is 1. The van der Waals surface area contributed by atoms with Gasteiger partial charge in [0.15, 0.2) is 0 Å². The first-order chi connectivity index (χ1) is 6.16. The lowest BCUT2D eigenvalue weighted by Gasteiger charge is -2.25. The molecule has 4 nitrogen and oxygen atoms in total. The number of rotatable bonds is 3. The van der Waals surface area contributed by atoms with Crippen molar-refractivity contribution in [1.29, 1.82) is 0 Å². The molecule has 0 spiro atoms. The molecule has 72 valence electrons. The molecule has 1 aromatic rings. The van der Waals surface area contributed by atoms with Gasteiger partial charge in [-0.25, -0.2) is 0 Å². The van der Waals surface area contributed by atoms with Crippen molar-refractivity contribution in [3.05, 3.63) is 18.5 Å². The highest BCUT2D eigenvalue weighted by atomic mass is 16.3. The van der Waals surface area contributed by atoms with Crippen LogP contribution in [-0.4, -0.2) is 29.8 Å². The first-order valence-electron chi connectivity index (χ1n) is 4.20. The Morgan fingerprint density at radius 2 is 2.38 bits per heavy atom. The summed E-state index contributed by atoms with van der Waals surface area (Å²) in [4.78, 5) is 5.89. The molecule has 0 saturated heterocycles. The molecule has 0 saturated carbocycles. The first kappa shape index (κ1) is 9.80. The number of aliphatic hydroxyl groups excluding tert-OH is 1. The van der Waals surface area contributed by atoms with Gasteiger partial charge in [-0.05, 0) is 13.0 Å². The summed E-state index contributed by atoms with van der Waals surface area (Å²) in [5, 5.41) is 8.95. The monoisotopic (exact) mass is 181 g/mol. The fraction of sp³-hybridized carbons (Fsp3) is 0.444. The van der Waals surface area contributed by atoms with Gasteiger partial charge in [-0.1, -0.05) is 0 Å². The zero-order chi connectivity index (χ0) is 9.84. The van der Waals surface area contributed by atoms with Crippen molar-refractivity contribution < 1.29 is 5.11 Å². The second-order valence-corrected chi connectivity index (χ2v) is 3.08. The molecule has 1 heterocycles. The summed E-state index contributed by atoms with van der Waals surface area (Å²) in [5.41, 5.74) is 7.28. The van der Waals surface area contributed by atoms with Gasteiger partial charge in [-0.3, -0.25) is 4.98 Å². The molecule has 0 aliphatic heterocycles. The number of hydrogen-bond donors (Lipinski definition) is 2. The zero-order valence-corrected chi connectivity index (χ0v) is 7.94. The number of nitrogen functional groups attached to an aromatic ring is 1. The van der Waals surface area contributed by atoms with Crippen LogP contribution in [-0.2, 0) is 0 Å². The van der Waals surface area contributed by atoms with E-state index in [9.17, 15) is 0 Å². The molecule has 1 aromatic heterocycles. The van der Waals surface area contributed by atoms with E-state index in [0.29, 0.717) is 5.69 Å². The highest BCUT2D eigenvalue weighted by Crippen LogP contribution is 2.21. The molecule has 3 N–H and O–H groups in total. The molecule has 0 radical (unpaired) electrons. The fourth-order valence-corrected chi connectivity index (χ4v) is 1.05. The smallest absolute Gasteiger partial charge is 0.0786 e. The topological polar surface area (TPSA) is 62.4 Å². The van der Waals surface area contributed by atoms with E-state index in [4.69, 9.17) is 10.8 Å².